The summed E-state index contributed by atoms with van der Waals surface area (Å²) in [5.74, 6) is 0.840. The van der Waals surface area contributed by atoms with Gasteiger partial charge in [0.05, 0.1) is 6.10 Å². The third kappa shape index (κ3) is 3.56. The molecule has 23 heavy (non-hydrogen) atoms. The molecule has 3 N–H and O–H groups in total. The highest BCUT2D eigenvalue weighted by Crippen LogP contribution is 2.32. The van der Waals surface area contributed by atoms with Crippen LogP contribution in [0.25, 0.3) is 0 Å². The van der Waals surface area contributed by atoms with Crippen molar-refractivity contribution in [1.29, 1.82) is 0 Å². The summed E-state index contributed by atoms with van der Waals surface area (Å²) < 4.78 is 0. The Hall–Kier alpha value is -1.87. The van der Waals surface area contributed by atoms with E-state index in [1.165, 1.54) is 5.57 Å². The number of allylic oxidation sites excluding steroid dienone is 6. The number of nitrogens with two attached hydrogens (primary N) is 1. The highest BCUT2D eigenvalue weighted by molar-refractivity contribution is 5.96. The summed E-state index contributed by atoms with van der Waals surface area (Å²) >= 11 is 0. The van der Waals surface area contributed by atoms with Gasteiger partial charge in [-0.1, -0.05) is 42.9 Å². The number of nitrogens with zero attached hydrogens (tertiary/aromatic N) is 1. The van der Waals surface area contributed by atoms with E-state index in [1.807, 2.05) is 12.2 Å². The van der Waals surface area contributed by atoms with Crippen molar-refractivity contribution in [2.24, 2.45) is 22.6 Å². The Morgan fingerprint density at radius 2 is 2.13 bits per heavy atom. The van der Waals surface area contributed by atoms with Crippen LogP contribution < -0.4 is 5.73 Å². The summed E-state index contributed by atoms with van der Waals surface area (Å²) in [5, 5.41) is 10.3. The van der Waals surface area contributed by atoms with Gasteiger partial charge in [0.25, 0.3) is 0 Å². The molecule has 0 bridgehead atoms. The zero-order valence-corrected chi connectivity index (χ0v) is 13.9. The van der Waals surface area contributed by atoms with Crippen molar-refractivity contribution in [2.75, 3.05) is 0 Å². The van der Waals surface area contributed by atoms with Gasteiger partial charge < -0.3 is 10.8 Å². The molecule has 1 aliphatic heterocycles. The molecule has 0 aromatic rings. The van der Waals surface area contributed by atoms with E-state index < -0.39 is 6.10 Å². The fourth-order valence-electron chi connectivity index (χ4n) is 3.68. The molecule has 2 aliphatic carbocycles. The Kier molecular flexibility index (Phi) is 4.67. The quantitative estimate of drug-likeness (QED) is 0.839. The number of hydrogen-bond acceptors (Lipinski definition) is 3. The van der Waals surface area contributed by atoms with Gasteiger partial charge in [-0.2, -0.15) is 0 Å². The summed E-state index contributed by atoms with van der Waals surface area (Å²) in [6.45, 7) is 4.35. The van der Waals surface area contributed by atoms with Crippen molar-refractivity contribution in [3.8, 4) is 0 Å². The highest BCUT2D eigenvalue weighted by atomic mass is 16.3. The molecule has 0 radical (unpaired) electrons. The van der Waals surface area contributed by atoms with Crippen LogP contribution in [0.5, 0.6) is 0 Å². The molecule has 0 spiro atoms. The van der Waals surface area contributed by atoms with E-state index in [0.717, 1.165) is 36.2 Å². The normalized spacial score (nSPS) is 33.7. The first-order chi connectivity index (χ1) is 11.0. The van der Waals surface area contributed by atoms with Crippen molar-refractivity contribution in [3.63, 3.8) is 0 Å². The predicted molar refractivity (Wildman–Crippen MR) is 96.1 cm³/mol. The summed E-state index contributed by atoms with van der Waals surface area (Å²) in [7, 11) is 0. The third-order valence-corrected chi connectivity index (χ3v) is 4.98. The SMILES string of the molecule is CC1=CC(N)=CC(C)C1CC1=NC(C2=CCCC=C2)C(O)C=C1. The van der Waals surface area contributed by atoms with Crippen LogP contribution in [0.4, 0.5) is 0 Å². The minimum atomic E-state index is -0.524. The topological polar surface area (TPSA) is 58.6 Å². The van der Waals surface area contributed by atoms with Gasteiger partial charge in [0, 0.05) is 11.4 Å². The van der Waals surface area contributed by atoms with Crippen LogP contribution in [0.2, 0.25) is 0 Å². The number of hydrogen-bond donors (Lipinski definition) is 2. The van der Waals surface area contributed by atoms with Crippen molar-refractivity contribution in [3.05, 3.63) is 59.4 Å². The predicted octanol–water partition coefficient (Wildman–Crippen LogP) is 3.45. The minimum absolute atomic E-state index is 0.157. The molecule has 1 heterocycles. The molecular formula is C20H26N2O. The highest BCUT2D eigenvalue weighted by Gasteiger charge is 2.27. The summed E-state index contributed by atoms with van der Waals surface area (Å²) in [4.78, 5) is 4.85. The van der Waals surface area contributed by atoms with Crippen molar-refractivity contribution < 1.29 is 5.11 Å². The number of aliphatic hydroxyl groups excluding tert-OH is 1. The fourth-order valence-corrected chi connectivity index (χ4v) is 3.68. The molecule has 3 rings (SSSR count). The molecule has 0 aromatic heterocycles. The van der Waals surface area contributed by atoms with Crippen LogP contribution in [0.3, 0.4) is 0 Å². The van der Waals surface area contributed by atoms with Crippen molar-refractivity contribution >= 4 is 5.71 Å². The second kappa shape index (κ2) is 6.71. The Labute approximate surface area is 138 Å². The molecule has 0 aromatic carbocycles. The Morgan fingerprint density at radius 3 is 2.83 bits per heavy atom. The van der Waals surface area contributed by atoms with Gasteiger partial charge >= 0.3 is 0 Å². The van der Waals surface area contributed by atoms with Crippen molar-refractivity contribution in [1.82, 2.24) is 0 Å². The molecule has 3 heteroatoms. The number of aliphatic imine (C=N–C) groups is 1. The van der Waals surface area contributed by atoms with Crippen LogP contribution in [0.1, 0.15) is 33.1 Å². The number of aliphatic hydroxyl groups is 1. The third-order valence-electron chi connectivity index (χ3n) is 4.98. The average molecular weight is 310 g/mol. The monoisotopic (exact) mass is 310 g/mol. The molecule has 122 valence electrons. The second-order valence-electron chi connectivity index (χ2n) is 6.82. The number of rotatable bonds is 3. The van der Waals surface area contributed by atoms with Crippen LogP contribution >= 0.6 is 0 Å². The Bertz CT molecular complexity index is 649. The zero-order valence-electron chi connectivity index (χ0n) is 13.9. The Balaban J connectivity index is 1.77. The van der Waals surface area contributed by atoms with E-state index in [4.69, 9.17) is 10.7 Å². The Morgan fingerprint density at radius 1 is 1.30 bits per heavy atom. The maximum Gasteiger partial charge on any atom is 0.104 e. The molecule has 3 aliphatic rings. The lowest BCUT2D eigenvalue weighted by atomic mass is 9.79. The van der Waals surface area contributed by atoms with Gasteiger partial charge in [-0.15, -0.1) is 0 Å². The number of dihydropyridines is 1. The molecule has 0 fully saturated rings. The first-order valence-electron chi connectivity index (χ1n) is 8.49. The van der Waals surface area contributed by atoms with E-state index in [0.29, 0.717) is 11.8 Å². The van der Waals surface area contributed by atoms with Crippen LogP contribution in [-0.2, 0) is 0 Å². The van der Waals surface area contributed by atoms with Gasteiger partial charge in [0.2, 0.25) is 0 Å². The van der Waals surface area contributed by atoms with Gasteiger partial charge in [0.15, 0.2) is 0 Å². The van der Waals surface area contributed by atoms with Crippen LogP contribution in [0.15, 0.2) is 64.4 Å². The average Bonchev–Trinajstić information content (AvgIpc) is 2.53. The lowest BCUT2D eigenvalue weighted by Crippen LogP contribution is -2.30. The van der Waals surface area contributed by atoms with Gasteiger partial charge in [-0.3, -0.25) is 4.99 Å². The van der Waals surface area contributed by atoms with E-state index in [9.17, 15) is 5.11 Å². The van der Waals surface area contributed by atoms with Gasteiger partial charge in [-0.25, -0.2) is 0 Å². The molecular weight excluding hydrogens is 284 g/mol. The fraction of sp³-hybridized carbons (Fsp3) is 0.450. The first-order valence-corrected chi connectivity index (χ1v) is 8.49. The summed E-state index contributed by atoms with van der Waals surface area (Å²) in [6.07, 6.45) is 17.0. The summed E-state index contributed by atoms with van der Waals surface area (Å²) in [6, 6.07) is -0.157. The minimum Gasteiger partial charge on any atom is -0.399 e. The lowest BCUT2D eigenvalue weighted by molar-refractivity contribution is 0.204. The lowest BCUT2D eigenvalue weighted by Gasteiger charge is -2.29. The van der Waals surface area contributed by atoms with E-state index in [-0.39, 0.29) is 6.04 Å². The summed E-state index contributed by atoms with van der Waals surface area (Å²) in [5.41, 5.74) is 10.3. The first kappa shape index (κ1) is 16.0. The van der Waals surface area contributed by atoms with Gasteiger partial charge in [-0.05, 0) is 55.7 Å². The second-order valence-corrected chi connectivity index (χ2v) is 6.82. The molecule has 0 saturated heterocycles. The van der Waals surface area contributed by atoms with Gasteiger partial charge in [0.1, 0.15) is 6.04 Å². The molecule has 3 nitrogen and oxygen atoms in total. The maximum absolute atomic E-state index is 10.3. The molecule has 0 saturated carbocycles. The smallest absolute Gasteiger partial charge is 0.104 e. The largest absolute Gasteiger partial charge is 0.399 e. The molecule has 4 atom stereocenters. The standard InChI is InChI=1S/C20H26N2O/c1-13-10-16(21)11-14(2)18(13)12-17-8-9-19(23)20(22-17)15-6-4-3-5-7-15/h4,6-11,13,18-20,23H,3,5,12,21H2,1-2H3. The maximum atomic E-state index is 10.3. The molecule has 4 unspecified atom stereocenters. The van der Waals surface area contributed by atoms with E-state index >= 15 is 0 Å². The van der Waals surface area contributed by atoms with Crippen LogP contribution in [-0.4, -0.2) is 23.0 Å². The van der Waals surface area contributed by atoms with Crippen molar-refractivity contribution in [2.45, 2.75) is 45.3 Å². The zero-order chi connectivity index (χ0) is 16.4. The van der Waals surface area contributed by atoms with E-state index in [1.54, 1.807) is 0 Å². The van der Waals surface area contributed by atoms with E-state index in [2.05, 4.69) is 44.2 Å². The van der Waals surface area contributed by atoms with Crippen LogP contribution in [0, 0.1) is 11.8 Å². The molecule has 0 amide bonds.